The lowest BCUT2D eigenvalue weighted by atomic mass is 10.3. The first-order valence-corrected chi connectivity index (χ1v) is 5.54. The van der Waals surface area contributed by atoms with Crippen LogP contribution in [-0.2, 0) is 4.79 Å². The number of carbonyl (C=O) groups excluding carboxylic acids is 1. The van der Waals surface area contributed by atoms with E-state index >= 15 is 0 Å². The predicted molar refractivity (Wildman–Crippen MR) is 59.9 cm³/mol. The third kappa shape index (κ3) is 2.14. The van der Waals surface area contributed by atoms with Crippen LogP contribution in [0.5, 0.6) is 0 Å². The number of hydrogen-bond donors (Lipinski definition) is 1. The highest BCUT2D eigenvalue weighted by Gasteiger charge is 2.30. The molecule has 15 heavy (non-hydrogen) atoms. The minimum absolute atomic E-state index is 0.135. The Morgan fingerprint density at radius 3 is 3.00 bits per heavy atom. The van der Waals surface area contributed by atoms with Crippen LogP contribution in [0.2, 0.25) is 5.15 Å². The zero-order chi connectivity index (χ0) is 11.0. The van der Waals surface area contributed by atoms with E-state index < -0.39 is 6.10 Å². The molecule has 0 spiro atoms. The van der Waals surface area contributed by atoms with Crippen LogP contribution in [0.3, 0.4) is 0 Å². The number of aliphatic hydroxyl groups excluding tert-OH is 1. The van der Waals surface area contributed by atoms with Crippen molar-refractivity contribution in [2.24, 2.45) is 0 Å². The van der Waals surface area contributed by atoms with Gasteiger partial charge in [0.1, 0.15) is 0 Å². The number of amides is 1. The average molecular weight is 292 g/mol. The van der Waals surface area contributed by atoms with Crippen molar-refractivity contribution in [1.29, 1.82) is 0 Å². The number of anilines is 1. The van der Waals surface area contributed by atoms with Gasteiger partial charge in [0.25, 0.3) is 0 Å². The van der Waals surface area contributed by atoms with Gasteiger partial charge in [-0.05, 0) is 22.0 Å². The van der Waals surface area contributed by atoms with E-state index in [0.717, 1.165) is 4.47 Å². The summed E-state index contributed by atoms with van der Waals surface area (Å²) in [5.41, 5.74) is 0.535. The lowest BCUT2D eigenvalue weighted by Gasteiger charge is -2.16. The number of rotatable bonds is 1. The molecule has 2 rings (SSSR count). The molecule has 1 unspecified atom stereocenters. The van der Waals surface area contributed by atoms with Gasteiger partial charge in [0, 0.05) is 10.7 Å². The first-order chi connectivity index (χ1) is 7.08. The maximum Gasteiger partial charge on any atom is 0.229 e. The van der Waals surface area contributed by atoms with Gasteiger partial charge < -0.3 is 10.0 Å². The molecule has 6 heteroatoms. The van der Waals surface area contributed by atoms with Gasteiger partial charge in [0.15, 0.2) is 5.15 Å². The number of aliphatic hydroxyl groups is 1. The second kappa shape index (κ2) is 4.08. The van der Waals surface area contributed by atoms with E-state index in [1.165, 1.54) is 4.90 Å². The normalized spacial score (nSPS) is 21.1. The molecule has 0 bridgehead atoms. The molecule has 1 aliphatic heterocycles. The summed E-state index contributed by atoms with van der Waals surface area (Å²) in [7, 11) is 0. The molecule has 0 radical (unpaired) electrons. The smallest absolute Gasteiger partial charge is 0.229 e. The Morgan fingerprint density at radius 2 is 2.40 bits per heavy atom. The van der Waals surface area contributed by atoms with E-state index in [9.17, 15) is 9.90 Å². The fourth-order valence-corrected chi connectivity index (χ4v) is 2.05. The summed E-state index contributed by atoms with van der Waals surface area (Å²) in [6.45, 7) is 0.274. The van der Waals surface area contributed by atoms with Crippen molar-refractivity contribution in [3.63, 3.8) is 0 Å². The topological polar surface area (TPSA) is 53.4 Å². The van der Waals surface area contributed by atoms with Crippen molar-refractivity contribution < 1.29 is 9.90 Å². The summed E-state index contributed by atoms with van der Waals surface area (Å²) < 4.78 is 0.746. The average Bonchev–Trinajstić information content (AvgIpc) is 2.50. The number of aromatic nitrogens is 1. The first kappa shape index (κ1) is 10.9. The van der Waals surface area contributed by atoms with Crippen molar-refractivity contribution in [2.75, 3.05) is 11.4 Å². The van der Waals surface area contributed by atoms with Gasteiger partial charge in [-0.1, -0.05) is 11.6 Å². The zero-order valence-electron chi connectivity index (χ0n) is 7.65. The van der Waals surface area contributed by atoms with Gasteiger partial charge in [-0.3, -0.25) is 4.79 Å². The molecule has 1 aromatic heterocycles. The molecule has 80 valence electrons. The van der Waals surface area contributed by atoms with Crippen molar-refractivity contribution in [3.8, 4) is 0 Å². The Bertz CT molecular complexity index is 413. The van der Waals surface area contributed by atoms with Crippen molar-refractivity contribution in [3.05, 3.63) is 21.9 Å². The molecule has 1 aliphatic rings. The fraction of sp³-hybridized carbons (Fsp3) is 0.333. The Kier molecular flexibility index (Phi) is 2.95. The maximum atomic E-state index is 11.5. The van der Waals surface area contributed by atoms with Crippen LogP contribution in [0.4, 0.5) is 5.69 Å². The Morgan fingerprint density at radius 1 is 1.67 bits per heavy atom. The Balaban J connectivity index is 2.37. The van der Waals surface area contributed by atoms with Gasteiger partial charge in [-0.2, -0.15) is 0 Å². The molecule has 1 aromatic rings. The number of nitrogens with zero attached hydrogens (tertiary/aromatic N) is 2. The molecule has 1 atom stereocenters. The minimum atomic E-state index is -0.618. The van der Waals surface area contributed by atoms with Crippen molar-refractivity contribution in [1.82, 2.24) is 4.98 Å². The number of hydrogen-bond acceptors (Lipinski definition) is 3. The standard InChI is InChI=1S/C9H8BrClN2O2/c10-5-1-7(9(11)12-3-5)13-4-6(14)2-8(13)15/h1,3,6,14H,2,4H2. The summed E-state index contributed by atoms with van der Waals surface area (Å²) in [5, 5.41) is 9.62. The van der Waals surface area contributed by atoms with Crippen LogP contribution in [0.15, 0.2) is 16.7 Å². The maximum absolute atomic E-state index is 11.5. The van der Waals surface area contributed by atoms with Crippen LogP contribution in [-0.4, -0.2) is 28.6 Å². The second-order valence-corrected chi connectivity index (χ2v) is 4.60. The van der Waals surface area contributed by atoms with Crippen LogP contribution >= 0.6 is 27.5 Å². The third-order valence-corrected chi connectivity index (χ3v) is 2.91. The summed E-state index contributed by atoms with van der Waals surface area (Å²) in [4.78, 5) is 16.9. The summed E-state index contributed by atoms with van der Waals surface area (Å²) >= 11 is 9.14. The minimum Gasteiger partial charge on any atom is -0.391 e. The SMILES string of the molecule is O=C1CC(O)CN1c1cc(Br)cnc1Cl. The van der Waals surface area contributed by atoms with Crippen LogP contribution in [0, 0.1) is 0 Å². The van der Waals surface area contributed by atoms with E-state index in [2.05, 4.69) is 20.9 Å². The molecule has 1 saturated heterocycles. The van der Waals surface area contributed by atoms with Gasteiger partial charge in [-0.25, -0.2) is 4.98 Å². The largest absolute Gasteiger partial charge is 0.391 e. The lowest BCUT2D eigenvalue weighted by molar-refractivity contribution is -0.117. The quantitative estimate of drug-likeness (QED) is 0.800. The third-order valence-electron chi connectivity index (χ3n) is 2.18. The summed E-state index contributed by atoms with van der Waals surface area (Å²) in [6.07, 6.45) is 1.08. The van der Waals surface area contributed by atoms with E-state index in [1.54, 1.807) is 12.3 Å². The predicted octanol–water partition coefficient (Wildman–Crippen LogP) is 1.60. The van der Waals surface area contributed by atoms with Gasteiger partial charge in [0.2, 0.25) is 5.91 Å². The summed E-state index contributed by atoms with van der Waals surface area (Å²) in [5.74, 6) is -0.135. The summed E-state index contributed by atoms with van der Waals surface area (Å²) in [6, 6.07) is 1.71. The number of pyridine rings is 1. The highest BCUT2D eigenvalue weighted by molar-refractivity contribution is 9.10. The Hall–Kier alpha value is -0.650. The highest BCUT2D eigenvalue weighted by Crippen LogP contribution is 2.30. The molecule has 0 saturated carbocycles. The number of carbonyl (C=O) groups is 1. The zero-order valence-corrected chi connectivity index (χ0v) is 9.99. The van der Waals surface area contributed by atoms with Gasteiger partial charge >= 0.3 is 0 Å². The first-order valence-electron chi connectivity index (χ1n) is 4.37. The fourth-order valence-electron chi connectivity index (χ4n) is 1.52. The van der Waals surface area contributed by atoms with Gasteiger partial charge in [0.05, 0.1) is 24.8 Å². The van der Waals surface area contributed by atoms with E-state index in [-0.39, 0.29) is 24.0 Å². The monoisotopic (exact) mass is 290 g/mol. The van der Waals surface area contributed by atoms with Crippen LogP contribution < -0.4 is 4.90 Å². The molecule has 4 nitrogen and oxygen atoms in total. The van der Waals surface area contributed by atoms with Crippen molar-refractivity contribution >= 4 is 39.1 Å². The molecule has 1 fully saturated rings. The lowest BCUT2D eigenvalue weighted by Crippen LogP contribution is -2.25. The molecule has 1 N–H and O–H groups in total. The van der Waals surface area contributed by atoms with Crippen molar-refractivity contribution in [2.45, 2.75) is 12.5 Å². The van der Waals surface area contributed by atoms with E-state index in [4.69, 9.17) is 11.6 Å². The molecule has 0 aromatic carbocycles. The second-order valence-electron chi connectivity index (χ2n) is 3.33. The van der Waals surface area contributed by atoms with E-state index in [0.29, 0.717) is 5.69 Å². The molecular formula is C9H8BrClN2O2. The molecule has 2 heterocycles. The number of halogens is 2. The van der Waals surface area contributed by atoms with Crippen LogP contribution in [0.1, 0.15) is 6.42 Å². The molecule has 0 aliphatic carbocycles. The van der Waals surface area contributed by atoms with Crippen LogP contribution in [0.25, 0.3) is 0 Å². The highest BCUT2D eigenvalue weighted by atomic mass is 79.9. The number of β-amino-alcohol motifs (C(OH)–C–C–N with tert-alkyl or cyclic N) is 1. The molecule has 1 amide bonds. The Labute approximate surface area is 100.0 Å². The molecular weight excluding hydrogens is 283 g/mol. The van der Waals surface area contributed by atoms with E-state index in [1.807, 2.05) is 0 Å². The van der Waals surface area contributed by atoms with Gasteiger partial charge in [-0.15, -0.1) is 0 Å².